The third-order valence-electron chi connectivity index (χ3n) is 4.57. The summed E-state index contributed by atoms with van der Waals surface area (Å²) in [6, 6.07) is 14.5. The lowest BCUT2D eigenvalue weighted by atomic mass is 10.1. The maximum Gasteiger partial charge on any atom is 0.324 e. The van der Waals surface area contributed by atoms with Gasteiger partial charge in [0.2, 0.25) is 0 Å². The van der Waals surface area contributed by atoms with Crippen molar-refractivity contribution in [2.75, 3.05) is 6.54 Å². The maximum atomic E-state index is 12.6. The van der Waals surface area contributed by atoms with Gasteiger partial charge in [-0.1, -0.05) is 30.3 Å². The summed E-state index contributed by atoms with van der Waals surface area (Å²) in [5.41, 5.74) is 2.72. The highest BCUT2D eigenvalue weighted by Crippen LogP contribution is 2.18. The number of para-hydroxylation sites is 1. The van der Waals surface area contributed by atoms with Crippen LogP contribution < -0.4 is 5.32 Å². The van der Waals surface area contributed by atoms with Crippen LogP contribution >= 0.6 is 0 Å². The van der Waals surface area contributed by atoms with Gasteiger partial charge in [0.1, 0.15) is 6.04 Å². The lowest BCUT2D eigenvalue weighted by Crippen LogP contribution is -2.34. The monoisotopic (exact) mass is 346 g/mol. The Bertz CT molecular complexity index is 953. The zero-order valence-electron chi connectivity index (χ0n) is 14.1. The Morgan fingerprint density at radius 3 is 2.65 bits per heavy atom. The average Bonchev–Trinajstić information content (AvgIpc) is 2.94. The zero-order valence-corrected chi connectivity index (χ0v) is 14.1. The SMILES string of the molecule is O=C1NC(Cc2ccccn2)C(=O)N1CCc1cccc2cccnc12. The highest BCUT2D eigenvalue weighted by Gasteiger charge is 2.37. The van der Waals surface area contributed by atoms with E-state index in [1.54, 1.807) is 12.4 Å². The minimum Gasteiger partial charge on any atom is -0.325 e. The molecule has 0 radical (unpaired) electrons. The Balaban J connectivity index is 1.46. The first kappa shape index (κ1) is 16.2. The summed E-state index contributed by atoms with van der Waals surface area (Å²) >= 11 is 0. The number of rotatable bonds is 5. The topological polar surface area (TPSA) is 75.2 Å². The van der Waals surface area contributed by atoms with E-state index in [1.807, 2.05) is 48.5 Å². The Morgan fingerprint density at radius 1 is 0.962 bits per heavy atom. The fourth-order valence-corrected chi connectivity index (χ4v) is 3.26. The Morgan fingerprint density at radius 2 is 1.81 bits per heavy atom. The molecule has 6 heteroatoms. The van der Waals surface area contributed by atoms with Gasteiger partial charge in [-0.2, -0.15) is 0 Å². The van der Waals surface area contributed by atoms with Crippen molar-refractivity contribution in [1.29, 1.82) is 0 Å². The first-order chi connectivity index (χ1) is 12.7. The number of hydrogen-bond acceptors (Lipinski definition) is 4. The van der Waals surface area contributed by atoms with E-state index in [-0.39, 0.29) is 11.9 Å². The highest BCUT2D eigenvalue weighted by atomic mass is 16.2. The van der Waals surface area contributed by atoms with Crippen molar-refractivity contribution in [3.63, 3.8) is 0 Å². The van der Waals surface area contributed by atoms with Gasteiger partial charge in [0.25, 0.3) is 5.91 Å². The number of hydrogen-bond donors (Lipinski definition) is 1. The van der Waals surface area contributed by atoms with Gasteiger partial charge < -0.3 is 5.32 Å². The Kier molecular flexibility index (Phi) is 4.31. The molecule has 0 bridgehead atoms. The van der Waals surface area contributed by atoms with Crippen LogP contribution in [0.1, 0.15) is 11.3 Å². The molecule has 4 rings (SSSR count). The molecule has 1 unspecified atom stereocenters. The maximum absolute atomic E-state index is 12.6. The van der Waals surface area contributed by atoms with Crippen LogP contribution in [0.2, 0.25) is 0 Å². The lowest BCUT2D eigenvalue weighted by Gasteiger charge is -2.13. The minimum atomic E-state index is -0.553. The summed E-state index contributed by atoms with van der Waals surface area (Å²) in [6.45, 7) is 0.332. The van der Waals surface area contributed by atoms with E-state index in [4.69, 9.17) is 0 Å². The molecule has 2 aromatic heterocycles. The molecule has 26 heavy (non-hydrogen) atoms. The molecule has 0 saturated carbocycles. The Labute approximate surface area is 150 Å². The van der Waals surface area contributed by atoms with Crippen LogP contribution in [0.4, 0.5) is 4.79 Å². The molecule has 1 aliphatic heterocycles. The number of aromatic nitrogens is 2. The second-order valence-corrected chi connectivity index (χ2v) is 6.26. The van der Waals surface area contributed by atoms with Gasteiger partial charge in [-0.3, -0.25) is 19.7 Å². The van der Waals surface area contributed by atoms with Crippen LogP contribution in [-0.4, -0.2) is 39.4 Å². The fraction of sp³-hybridized carbons (Fsp3) is 0.200. The van der Waals surface area contributed by atoms with Gasteiger partial charge in [-0.25, -0.2) is 4.79 Å². The van der Waals surface area contributed by atoms with E-state index in [2.05, 4.69) is 15.3 Å². The Hall–Kier alpha value is -3.28. The summed E-state index contributed by atoms with van der Waals surface area (Å²) in [4.78, 5) is 34.8. The molecule has 1 aromatic carbocycles. The molecule has 1 N–H and O–H groups in total. The number of amides is 3. The van der Waals surface area contributed by atoms with Gasteiger partial charge >= 0.3 is 6.03 Å². The number of carbonyl (C=O) groups excluding carboxylic acids is 2. The number of nitrogens with zero attached hydrogens (tertiary/aromatic N) is 3. The van der Waals surface area contributed by atoms with Gasteiger partial charge in [0.05, 0.1) is 5.52 Å². The second kappa shape index (κ2) is 6.92. The molecule has 3 aromatic rings. The molecule has 1 aliphatic rings. The first-order valence-electron chi connectivity index (χ1n) is 8.57. The molecule has 0 aliphatic carbocycles. The summed E-state index contributed by atoms with van der Waals surface area (Å²) in [6.07, 6.45) is 4.41. The number of carbonyl (C=O) groups is 2. The molecule has 3 amide bonds. The minimum absolute atomic E-state index is 0.200. The molecule has 1 saturated heterocycles. The smallest absolute Gasteiger partial charge is 0.324 e. The standard InChI is InChI=1S/C20H18N4O2/c25-19-17(13-16-8-1-2-10-21-16)23-20(26)24(19)12-9-15-6-3-5-14-7-4-11-22-18(14)15/h1-8,10-11,17H,9,12-13H2,(H,23,26). The van der Waals surface area contributed by atoms with E-state index in [0.29, 0.717) is 19.4 Å². The molecule has 3 heterocycles. The first-order valence-corrected chi connectivity index (χ1v) is 8.57. The normalized spacial score (nSPS) is 16.9. The predicted molar refractivity (Wildman–Crippen MR) is 97.4 cm³/mol. The highest BCUT2D eigenvalue weighted by molar-refractivity contribution is 6.04. The number of urea groups is 1. The van der Waals surface area contributed by atoms with Crippen molar-refractivity contribution in [1.82, 2.24) is 20.2 Å². The lowest BCUT2D eigenvalue weighted by molar-refractivity contribution is -0.127. The van der Waals surface area contributed by atoms with Crippen LogP contribution in [0.15, 0.2) is 60.9 Å². The summed E-state index contributed by atoms with van der Waals surface area (Å²) < 4.78 is 0. The van der Waals surface area contributed by atoms with Crippen LogP contribution in [0.25, 0.3) is 10.9 Å². The molecule has 1 atom stereocenters. The van der Waals surface area contributed by atoms with E-state index in [9.17, 15) is 9.59 Å². The summed E-state index contributed by atoms with van der Waals surface area (Å²) in [7, 11) is 0. The van der Waals surface area contributed by atoms with Crippen molar-refractivity contribution in [2.24, 2.45) is 0 Å². The number of nitrogens with one attached hydrogen (secondary N) is 1. The third kappa shape index (κ3) is 3.13. The fourth-order valence-electron chi connectivity index (χ4n) is 3.26. The third-order valence-corrected chi connectivity index (χ3v) is 4.57. The molecule has 0 spiro atoms. The predicted octanol–water partition coefficient (Wildman–Crippen LogP) is 2.34. The van der Waals surface area contributed by atoms with E-state index in [1.165, 1.54) is 4.90 Å². The van der Waals surface area contributed by atoms with Crippen molar-refractivity contribution < 1.29 is 9.59 Å². The van der Waals surface area contributed by atoms with E-state index in [0.717, 1.165) is 22.2 Å². The van der Waals surface area contributed by atoms with Crippen molar-refractivity contribution in [3.8, 4) is 0 Å². The molecular formula is C20H18N4O2. The second-order valence-electron chi connectivity index (χ2n) is 6.26. The molecule has 130 valence electrons. The summed E-state index contributed by atoms with van der Waals surface area (Å²) in [5.74, 6) is -0.200. The van der Waals surface area contributed by atoms with Gasteiger partial charge in [-0.05, 0) is 30.2 Å². The van der Waals surface area contributed by atoms with E-state index < -0.39 is 6.04 Å². The largest absolute Gasteiger partial charge is 0.325 e. The van der Waals surface area contributed by atoms with Gasteiger partial charge in [-0.15, -0.1) is 0 Å². The van der Waals surface area contributed by atoms with Gasteiger partial charge in [0.15, 0.2) is 0 Å². The summed E-state index contributed by atoms with van der Waals surface area (Å²) in [5, 5.41) is 3.81. The van der Waals surface area contributed by atoms with Crippen molar-refractivity contribution in [2.45, 2.75) is 18.9 Å². The molecule has 6 nitrogen and oxygen atoms in total. The van der Waals surface area contributed by atoms with Crippen LogP contribution in [-0.2, 0) is 17.6 Å². The molecular weight excluding hydrogens is 328 g/mol. The average molecular weight is 346 g/mol. The number of fused-ring (bicyclic) bond motifs is 1. The van der Waals surface area contributed by atoms with Crippen LogP contribution in [0, 0.1) is 0 Å². The quantitative estimate of drug-likeness (QED) is 0.720. The molecule has 1 fully saturated rings. The number of imide groups is 1. The van der Waals surface area contributed by atoms with Gasteiger partial charge in [0, 0.05) is 36.4 Å². The number of pyridine rings is 2. The zero-order chi connectivity index (χ0) is 17.9. The van der Waals surface area contributed by atoms with Crippen LogP contribution in [0.5, 0.6) is 0 Å². The van der Waals surface area contributed by atoms with Crippen LogP contribution in [0.3, 0.4) is 0 Å². The number of benzene rings is 1. The van der Waals surface area contributed by atoms with E-state index >= 15 is 0 Å². The van der Waals surface area contributed by atoms with Crippen molar-refractivity contribution in [3.05, 3.63) is 72.2 Å². The van der Waals surface area contributed by atoms with Crippen molar-refractivity contribution >= 4 is 22.8 Å².